The molecule has 0 spiro atoms. The zero-order chi connectivity index (χ0) is 20.4. The molecule has 0 heterocycles. The first-order valence-electron chi connectivity index (χ1n) is 10.6. The zero-order valence-corrected chi connectivity index (χ0v) is 17.5. The molecule has 0 aliphatic rings. The Morgan fingerprint density at radius 3 is 2.32 bits per heavy atom. The van der Waals surface area contributed by atoms with Crippen molar-refractivity contribution in [3.8, 4) is 11.1 Å². The monoisotopic (exact) mass is 384 g/mol. The molecule has 0 saturated heterocycles. The van der Waals surface area contributed by atoms with Crippen molar-refractivity contribution < 1.29 is 13.9 Å². The van der Waals surface area contributed by atoms with Crippen LogP contribution in [-0.4, -0.2) is 12.1 Å². The molecule has 28 heavy (non-hydrogen) atoms. The summed E-state index contributed by atoms with van der Waals surface area (Å²) < 4.78 is 20.0. The molecule has 2 aromatic carbocycles. The number of ether oxygens (including phenoxy) is 1. The normalized spacial score (nSPS) is 12.0. The molecule has 0 saturated carbocycles. The second-order valence-electron chi connectivity index (χ2n) is 7.56. The molecule has 0 bridgehead atoms. The molecule has 0 N–H and O–H groups in total. The van der Waals surface area contributed by atoms with Crippen molar-refractivity contribution in [3.63, 3.8) is 0 Å². The highest BCUT2D eigenvalue weighted by Crippen LogP contribution is 2.25. The van der Waals surface area contributed by atoms with E-state index >= 15 is 0 Å². The van der Waals surface area contributed by atoms with Crippen LogP contribution in [0, 0.1) is 5.82 Å². The van der Waals surface area contributed by atoms with Crippen molar-refractivity contribution in [3.05, 3.63) is 59.4 Å². The van der Waals surface area contributed by atoms with Crippen LogP contribution in [0.15, 0.2) is 42.5 Å². The number of rotatable bonds is 11. The topological polar surface area (TPSA) is 26.3 Å². The van der Waals surface area contributed by atoms with Crippen LogP contribution in [0.25, 0.3) is 11.1 Å². The van der Waals surface area contributed by atoms with Gasteiger partial charge in [-0.05, 0) is 61.9 Å². The van der Waals surface area contributed by atoms with Crippen LogP contribution in [0.4, 0.5) is 4.39 Å². The minimum Gasteiger partial charge on any atom is -0.459 e. The van der Waals surface area contributed by atoms with E-state index in [0.29, 0.717) is 11.1 Å². The van der Waals surface area contributed by atoms with Crippen LogP contribution in [0.1, 0.15) is 81.6 Å². The third-order valence-electron chi connectivity index (χ3n) is 5.06. The van der Waals surface area contributed by atoms with Gasteiger partial charge in [0.1, 0.15) is 5.82 Å². The van der Waals surface area contributed by atoms with Gasteiger partial charge in [-0.25, -0.2) is 9.18 Å². The van der Waals surface area contributed by atoms with Crippen molar-refractivity contribution in [1.29, 1.82) is 0 Å². The fourth-order valence-electron chi connectivity index (χ4n) is 3.28. The van der Waals surface area contributed by atoms with Crippen LogP contribution in [-0.2, 0) is 11.2 Å². The van der Waals surface area contributed by atoms with Gasteiger partial charge in [0.15, 0.2) is 0 Å². The molecule has 0 fully saturated rings. The third-order valence-corrected chi connectivity index (χ3v) is 5.06. The van der Waals surface area contributed by atoms with Crippen molar-refractivity contribution >= 4 is 5.97 Å². The summed E-state index contributed by atoms with van der Waals surface area (Å²) in [7, 11) is 0. The Balaban J connectivity index is 1.96. The maximum atomic E-state index is 14.5. The van der Waals surface area contributed by atoms with Gasteiger partial charge in [0, 0.05) is 5.56 Å². The van der Waals surface area contributed by atoms with Gasteiger partial charge in [-0.2, -0.15) is 0 Å². The molecule has 0 aliphatic heterocycles. The summed E-state index contributed by atoms with van der Waals surface area (Å²) in [5.41, 5.74) is 2.86. The number of carbonyl (C=O) groups is 1. The van der Waals surface area contributed by atoms with E-state index in [9.17, 15) is 9.18 Å². The molecule has 0 aromatic heterocycles. The number of carbonyl (C=O) groups excluding carboxylic acids is 1. The zero-order valence-electron chi connectivity index (χ0n) is 17.5. The van der Waals surface area contributed by atoms with E-state index in [0.717, 1.165) is 43.2 Å². The lowest BCUT2D eigenvalue weighted by Gasteiger charge is -2.13. The second-order valence-corrected chi connectivity index (χ2v) is 7.56. The minimum absolute atomic E-state index is 0.0860. The molecular formula is C25H33FO2. The summed E-state index contributed by atoms with van der Waals surface area (Å²) in [5.74, 6) is -0.533. The average molecular weight is 385 g/mol. The van der Waals surface area contributed by atoms with Gasteiger partial charge in [0.25, 0.3) is 0 Å². The Bertz CT molecular complexity index is 737. The molecular weight excluding hydrogens is 351 g/mol. The summed E-state index contributed by atoms with van der Waals surface area (Å²) in [6, 6.07) is 12.4. The molecule has 2 nitrogen and oxygen atoms in total. The number of aryl methyl sites for hydroxylation is 1. The van der Waals surface area contributed by atoms with Crippen LogP contribution in [0.5, 0.6) is 0 Å². The largest absolute Gasteiger partial charge is 0.459 e. The van der Waals surface area contributed by atoms with Gasteiger partial charge in [-0.1, -0.05) is 63.8 Å². The quantitative estimate of drug-likeness (QED) is 0.299. The van der Waals surface area contributed by atoms with E-state index in [1.165, 1.54) is 19.3 Å². The van der Waals surface area contributed by atoms with Gasteiger partial charge in [-0.15, -0.1) is 0 Å². The summed E-state index contributed by atoms with van der Waals surface area (Å²) in [6.45, 7) is 6.25. The fraction of sp³-hybridized carbons (Fsp3) is 0.480. The lowest BCUT2D eigenvalue weighted by atomic mass is 10.00. The van der Waals surface area contributed by atoms with Crippen molar-refractivity contribution in [2.45, 2.75) is 78.2 Å². The van der Waals surface area contributed by atoms with Crippen molar-refractivity contribution in [2.75, 3.05) is 0 Å². The first-order valence-corrected chi connectivity index (χ1v) is 10.6. The van der Waals surface area contributed by atoms with E-state index in [-0.39, 0.29) is 17.9 Å². The maximum absolute atomic E-state index is 14.5. The molecule has 2 rings (SSSR count). The lowest BCUT2D eigenvalue weighted by Crippen LogP contribution is -2.15. The Morgan fingerprint density at radius 1 is 0.964 bits per heavy atom. The number of unbranched alkanes of at least 4 members (excludes halogenated alkanes) is 4. The summed E-state index contributed by atoms with van der Waals surface area (Å²) >= 11 is 0. The van der Waals surface area contributed by atoms with Crippen LogP contribution >= 0.6 is 0 Å². The van der Waals surface area contributed by atoms with Gasteiger partial charge in [-0.3, -0.25) is 0 Å². The Kier molecular flexibility index (Phi) is 9.19. The van der Waals surface area contributed by atoms with Gasteiger partial charge in [0.05, 0.1) is 11.7 Å². The van der Waals surface area contributed by atoms with Crippen molar-refractivity contribution in [2.24, 2.45) is 0 Å². The molecule has 0 amide bonds. The Hall–Kier alpha value is -2.16. The van der Waals surface area contributed by atoms with E-state index in [1.807, 2.05) is 19.1 Å². The minimum atomic E-state index is -0.315. The van der Waals surface area contributed by atoms with E-state index in [4.69, 9.17) is 4.74 Å². The Labute approximate surface area is 169 Å². The van der Waals surface area contributed by atoms with Gasteiger partial charge < -0.3 is 4.74 Å². The molecule has 2 aromatic rings. The molecule has 0 radical (unpaired) electrons. The maximum Gasteiger partial charge on any atom is 0.338 e. The van der Waals surface area contributed by atoms with E-state index in [1.54, 1.807) is 30.3 Å². The smallest absolute Gasteiger partial charge is 0.338 e. The SMILES string of the molecule is CCCCCCC(C)OC(=O)c1ccc(-c2ccc(CCCC)cc2F)cc1. The predicted octanol–water partition coefficient (Wildman–Crippen LogP) is 7.35. The molecule has 0 aliphatic carbocycles. The highest BCUT2D eigenvalue weighted by Gasteiger charge is 2.13. The molecule has 1 atom stereocenters. The van der Waals surface area contributed by atoms with Gasteiger partial charge >= 0.3 is 5.97 Å². The number of benzene rings is 2. The Morgan fingerprint density at radius 2 is 1.68 bits per heavy atom. The van der Waals surface area contributed by atoms with Crippen molar-refractivity contribution in [1.82, 2.24) is 0 Å². The number of hydrogen-bond acceptors (Lipinski definition) is 2. The van der Waals surface area contributed by atoms with E-state index < -0.39 is 0 Å². The first-order chi connectivity index (χ1) is 13.5. The highest BCUT2D eigenvalue weighted by atomic mass is 19.1. The fourth-order valence-corrected chi connectivity index (χ4v) is 3.28. The second kappa shape index (κ2) is 11.6. The third kappa shape index (κ3) is 6.78. The van der Waals surface area contributed by atoms with Crippen LogP contribution in [0.3, 0.4) is 0 Å². The van der Waals surface area contributed by atoms with E-state index in [2.05, 4.69) is 13.8 Å². The number of hydrogen-bond donors (Lipinski definition) is 0. The standard InChI is InChI=1S/C25H33FO2/c1-4-6-8-9-10-19(3)28-25(27)22-15-13-21(14-16-22)23-17-12-20(11-7-5-2)18-24(23)26/h12-19H,4-11H2,1-3H3. The average Bonchev–Trinajstić information content (AvgIpc) is 2.70. The molecule has 3 heteroatoms. The lowest BCUT2D eigenvalue weighted by molar-refractivity contribution is 0.0319. The first kappa shape index (κ1) is 22.1. The summed E-state index contributed by atoms with van der Waals surface area (Å²) in [6.07, 6.45) is 8.53. The van der Waals surface area contributed by atoms with Crippen LogP contribution in [0.2, 0.25) is 0 Å². The summed E-state index contributed by atoms with van der Waals surface area (Å²) in [4.78, 5) is 12.3. The predicted molar refractivity (Wildman–Crippen MR) is 114 cm³/mol. The molecule has 152 valence electrons. The van der Waals surface area contributed by atoms with Crippen LogP contribution < -0.4 is 0 Å². The number of halogens is 1. The van der Waals surface area contributed by atoms with Gasteiger partial charge in [0.2, 0.25) is 0 Å². The summed E-state index contributed by atoms with van der Waals surface area (Å²) in [5, 5.41) is 0. The number of esters is 1. The molecule has 1 unspecified atom stereocenters. The highest BCUT2D eigenvalue weighted by molar-refractivity contribution is 5.90.